The maximum absolute atomic E-state index is 2.38. The quantitative estimate of drug-likeness (QED) is 0.610. The summed E-state index contributed by atoms with van der Waals surface area (Å²) >= 11 is 0. The van der Waals surface area contributed by atoms with Gasteiger partial charge in [-0.1, -0.05) is 64.0 Å². The zero-order valence-corrected chi connectivity index (χ0v) is 11.8. The minimum atomic E-state index is -0.0545. The monoisotopic (exact) mass is 221 g/mol. The van der Waals surface area contributed by atoms with Gasteiger partial charge in [-0.3, -0.25) is 19.7 Å². The van der Waals surface area contributed by atoms with E-state index in [1.165, 1.54) is 0 Å². The molecule has 0 bridgehead atoms. The maximum atomic E-state index is 2.38. The van der Waals surface area contributed by atoms with Crippen LogP contribution in [0.25, 0.3) is 0 Å². The first-order chi connectivity index (χ1) is 6.73. The lowest BCUT2D eigenvalue weighted by Crippen LogP contribution is -2.29. The average Bonchev–Trinajstić information content (AvgIpc) is 2.00. The molecule has 0 aliphatic rings. The number of rotatable bonds is 1. The van der Waals surface area contributed by atoms with E-state index in [9.17, 15) is 0 Å². The van der Waals surface area contributed by atoms with Crippen LogP contribution in [-0.2, 0) is 0 Å². The van der Waals surface area contributed by atoms with Gasteiger partial charge in [-0.2, -0.15) is 0 Å². The van der Waals surface area contributed by atoms with E-state index in [4.69, 9.17) is 0 Å². The van der Waals surface area contributed by atoms with Gasteiger partial charge in [-0.15, -0.1) is 12.1 Å². The molecule has 0 N–H and O–H groups in total. The summed E-state index contributed by atoms with van der Waals surface area (Å²) in [5.41, 5.74) is 0. The van der Waals surface area contributed by atoms with E-state index < -0.39 is 0 Å². The van der Waals surface area contributed by atoms with Crippen LogP contribution in [0.1, 0.15) is 41.5 Å². The number of hydrogen-bond donors (Lipinski definition) is 0. The molecular formula is C13H23BP-. The first-order valence-corrected chi connectivity index (χ1v) is 7.12. The molecule has 15 heavy (non-hydrogen) atoms. The first kappa shape index (κ1) is 12.9. The van der Waals surface area contributed by atoms with Crippen LogP contribution >= 0.6 is 7.80 Å². The van der Waals surface area contributed by atoms with E-state index in [0.717, 1.165) is 0 Å². The third kappa shape index (κ3) is 3.42. The summed E-state index contributed by atoms with van der Waals surface area (Å²) in [6.45, 7) is 14.3. The van der Waals surface area contributed by atoms with E-state index >= 15 is 0 Å². The standard InChI is InChI=1S/C13H23BP/c1-12(2,3)15(13(4,5)6)14-10-8-7-9-11-14/h7-11H,1-6H3/q-1. The molecule has 0 aromatic carbocycles. The molecule has 0 saturated heterocycles. The largest absolute Gasteiger partial charge is 0.280 e. The highest BCUT2D eigenvalue weighted by Crippen LogP contribution is 2.59. The summed E-state index contributed by atoms with van der Waals surface area (Å²) in [4.78, 5) is 0. The molecule has 2 heteroatoms. The third-order valence-electron chi connectivity index (χ3n) is 2.58. The van der Waals surface area contributed by atoms with Gasteiger partial charge in [-0.05, 0) is 0 Å². The second-order valence-corrected chi connectivity index (χ2v) is 10.2. The molecule has 1 rings (SSSR count). The molecule has 0 unspecified atom stereocenters. The van der Waals surface area contributed by atoms with Crippen molar-refractivity contribution in [2.45, 2.75) is 51.9 Å². The van der Waals surface area contributed by atoms with Crippen molar-refractivity contribution < 1.29 is 0 Å². The van der Waals surface area contributed by atoms with Crippen LogP contribution in [0.2, 0.25) is 0 Å². The molecule has 0 saturated carbocycles. The highest BCUT2D eigenvalue weighted by molar-refractivity contribution is 7.90. The summed E-state index contributed by atoms with van der Waals surface area (Å²) in [6, 6.07) is 7.15. The van der Waals surface area contributed by atoms with Gasteiger partial charge in [0.05, 0.1) is 0 Å². The zero-order valence-electron chi connectivity index (χ0n) is 10.9. The Morgan fingerprint density at radius 2 is 1.13 bits per heavy atom. The zero-order chi connectivity index (χ0) is 11.7. The fourth-order valence-electron chi connectivity index (χ4n) is 2.56. The van der Waals surface area contributed by atoms with Crippen molar-refractivity contribution in [2.24, 2.45) is 0 Å². The first-order valence-electron chi connectivity index (χ1n) is 5.71. The Kier molecular flexibility index (Phi) is 3.77. The molecule has 0 atom stereocenters. The topological polar surface area (TPSA) is 0 Å². The summed E-state index contributed by atoms with van der Waals surface area (Å²) in [6.07, 6.45) is 0. The van der Waals surface area contributed by atoms with E-state index in [2.05, 4.69) is 71.7 Å². The van der Waals surface area contributed by atoms with Gasteiger partial charge in [0, 0.05) is 0 Å². The molecular weight excluding hydrogens is 198 g/mol. The highest BCUT2D eigenvalue weighted by atomic mass is 31.1. The Bertz CT molecular complexity index is 292. The Hall–Kier alpha value is -0.155. The molecule has 0 aliphatic heterocycles. The van der Waals surface area contributed by atoms with Crippen molar-refractivity contribution in [1.29, 1.82) is 0 Å². The Labute approximate surface area is 96.2 Å². The maximum Gasteiger partial charge on any atom is -0.0520 e. The summed E-state index contributed by atoms with van der Waals surface area (Å²) in [7, 11) is -0.0545. The van der Waals surface area contributed by atoms with Crippen LogP contribution in [0.15, 0.2) is 30.1 Å². The minimum absolute atomic E-state index is 0.0545. The molecule has 0 aliphatic carbocycles. The van der Waals surface area contributed by atoms with Crippen LogP contribution in [0.4, 0.5) is 0 Å². The summed E-state index contributed by atoms with van der Waals surface area (Å²) in [5.74, 6) is 4.73. The van der Waals surface area contributed by atoms with Crippen LogP contribution in [-0.4, -0.2) is 16.4 Å². The molecule has 0 radical (unpaired) electrons. The van der Waals surface area contributed by atoms with Gasteiger partial charge in [0.1, 0.15) is 0 Å². The lowest BCUT2D eigenvalue weighted by atomic mass is 9.93. The molecule has 0 amide bonds. The fourth-order valence-corrected chi connectivity index (χ4v) is 6.90. The predicted octanol–water partition coefficient (Wildman–Crippen LogP) is 4.55. The molecule has 0 nitrogen and oxygen atoms in total. The smallest absolute Gasteiger partial charge is 0.0520 e. The normalized spacial score (nSPS) is 13.3. The van der Waals surface area contributed by atoms with Gasteiger partial charge in [-0.25, -0.2) is 0 Å². The van der Waals surface area contributed by atoms with Crippen molar-refractivity contribution >= 4 is 13.9 Å². The minimum Gasteiger partial charge on any atom is -0.280 e. The average molecular weight is 221 g/mol. The van der Waals surface area contributed by atoms with Crippen molar-refractivity contribution in [3.8, 4) is 0 Å². The predicted molar refractivity (Wildman–Crippen MR) is 74.2 cm³/mol. The van der Waals surface area contributed by atoms with E-state index in [0.29, 0.717) is 16.4 Å². The van der Waals surface area contributed by atoms with Crippen LogP contribution in [0.5, 0.6) is 0 Å². The van der Waals surface area contributed by atoms with Crippen LogP contribution < -0.4 is 0 Å². The van der Waals surface area contributed by atoms with Gasteiger partial charge in [0.25, 0.3) is 0 Å². The van der Waals surface area contributed by atoms with Gasteiger partial charge < -0.3 is 0 Å². The van der Waals surface area contributed by atoms with Crippen molar-refractivity contribution in [1.82, 2.24) is 0 Å². The number of hydrogen-bond acceptors (Lipinski definition) is 0. The van der Waals surface area contributed by atoms with Gasteiger partial charge in [0.15, 0.2) is 0 Å². The Morgan fingerprint density at radius 1 is 0.733 bits per heavy atom. The van der Waals surface area contributed by atoms with Crippen molar-refractivity contribution in [3.63, 3.8) is 0 Å². The lowest BCUT2D eigenvalue weighted by Gasteiger charge is -2.50. The van der Waals surface area contributed by atoms with Gasteiger partial charge >= 0.3 is 0 Å². The fraction of sp³-hybridized carbons (Fsp3) is 0.615. The summed E-state index contributed by atoms with van der Waals surface area (Å²) in [5, 5.41) is 0.814. The second kappa shape index (κ2) is 4.38. The summed E-state index contributed by atoms with van der Waals surface area (Å²) < 4.78 is 0. The van der Waals surface area contributed by atoms with E-state index in [1.807, 2.05) is 0 Å². The SMILES string of the molecule is CC(C)(C)P([b-]1ccccc1)C(C)(C)C. The Balaban J connectivity index is 3.15. The molecule has 84 valence electrons. The lowest BCUT2D eigenvalue weighted by molar-refractivity contribution is 0.719. The third-order valence-corrected chi connectivity index (χ3v) is 6.41. The molecule has 1 aromatic heterocycles. The van der Waals surface area contributed by atoms with E-state index in [-0.39, 0.29) is 7.80 Å². The van der Waals surface area contributed by atoms with Crippen molar-refractivity contribution in [3.05, 3.63) is 30.1 Å². The molecule has 0 spiro atoms. The molecule has 1 heterocycles. The molecule has 0 fully saturated rings. The van der Waals surface area contributed by atoms with Gasteiger partial charge in [0.2, 0.25) is 0 Å². The van der Waals surface area contributed by atoms with E-state index in [1.54, 1.807) is 0 Å². The van der Waals surface area contributed by atoms with Crippen molar-refractivity contribution in [2.75, 3.05) is 0 Å². The highest BCUT2D eigenvalue weighted by Gasteiger charge is 2.27. The van der Waals surface area contributed by atoms with Crippen LogP contribution in [0, 0.1) is 0 Å². The van der Waals surface area contributed by atoms with Crippen LogP contribution in [0.3, 0.4) is 0 Å². The molecule has 1 aromatic rings. The second-order valence-electron chi connectivity index (χ2n) is 6.16. The Morgan fingerprint density at radius 3 is 1.47 bits per heavy atom.